The largest absolute Gasteiger partial charge is 0.450 e. The first-order valence-corrected chi connectivity index (χ1v) is 11.6. The fourth-order valence-corrected chi connectivity index (χ4v) is 5.88. The maximum absolute atomic E-state index is 13.1. The molecule has 0 unspecified atom stereocenters. The highest BCUT2D eigenvalue weighted by molar-refractivity contribution is 7.16. The number of aromatic nitrogens is 2. The number of nitrogens with one attached hydrogen (secondary N) is 2. The maximum Gasteiger partial charge on any atom is 0.410 e. The van der Waals surface area contributed by atoms with E-state index in [0.717, 1.165) is 32.4 Å². The molecular weight excluding hydrogens is 450 g/mol. The van der Waals surface area contributed by atoms with Crippen molar-refractivity contribution in [2.45, 2.75) is 33.0 Å². The van der Waals surface area contributed by atoms with Crippen molar-refractivity contribution >= 4 is 39.9 Å². The van der Waals surface area contributed by atoms with Gasteiger partial charge in [0.15, 0.2) is 0 Å². The highest BCUT2D eigenvalue weighted by atomic mass is 35.5. The maximum atomic E-state index is 13.1. The molecule has 2 amide bonds. The molecule has 0 saturated carbocycles. The normalized spacial score (nSPS) is 17.3. The van der Waals surface area contributed by atoms with Gasteiger partial charge in [-0.05, 0) is 38.0 Å². The molecule has 10 heteroatoms. The molecule has 0 bridgehead atoms. The molecule has 166 valence electrons. The van der Waals surface area contributed by atoms with E-state index in [2.05, 4.69) is 15.7 Å². The van der Waals surface area contributed by atoms with Crippen LogP contribution in [0.3, 0.4) is 0 Å². The third-order valence-corrected chi connectivity index (χ3v) is 7.21. The summed E-state index contributed by atoms with van der Waals surface area (Å²) in [5.74, 6) is -0.145. The van der Waals surface area contributed by atoms with E-state index >= 15 is 0 Å². The Labute approximate surface area is 194 Å². The number of para-hydroxylation sites is 1. The molecule has 2 N–H and O–H groups in total. The fraction of sp³-hybridized carbons (Fsp3) is 0.318. The van der Waals surface area contributed by atoms with Gasteiger partial charge in [0, 0.05) is 11.4 Å². The summed E-state index contributed by atoms with van der Waals surface area (Å²) < 4.78 is 6.81. The van der Waals surface area contributed by atoms with Gasteiger partial charge in [0.1, 0.15) is 16.3 Å². The quantitative estimate of drug-likeness (QED) is 0.595. The second-order valence-corrected chi connectivity index (χ2v) is 9.13. The average Bonchev–Trinajstić information content (AvgIpc) is 3.30. The fourth-order valence-electron chi connectivity index (χ4n) is 4.21. The summed E-state index contributed by atoms with van der Waals surface area (Å²) in [7, 11) is 0. The molecule has 1 aromatic carbocycles. The summed E-state index contributed by atoms with van der Waals surface area (Å²) in [6.45, 7) is 4.97. The Hall–Kier alpha value is -3.04. The second kappa shape index (κ2) is 8.14. The molecule has 0 spiro atoms. The van der Waals surface area contributed by atoms with Gasteiger partial charge in [0.05, 0.1) is 35.7 Å². The van der Waals surface area contributed by atoms with Crippen LogP contribution in [0.5, 0.6) is 0 Å². The zero-order valence-corrected chi connectivity index (χ0v) is 19.2. The van der Waals surface area contributed by atoms with Crippen molar-refractivity contribution in [3.05, 3.63) is 62.7 Å². The standard InChI is InChI=1S/C22H22ClN5O3S/c1-3-31-22(30)27-10-9-14-15(11-27)32-21-17(14)20(29)24-19(25-21)16-12(2)26-28(18(16)23)13-7-5-4-6-8-13/h4-8,19,25H,3,9-11H2,1-2H3,(H,24,29)/t19-/m1/s1. The highest BCUT2D eigenvalue weighted by Crippen LogP contribution is 2.42. The van der Waals surface area contributed by atoms with Crippen molar-refractivity contribution in [2.24, 2.45) is 0 Å². The minimum absolute atomic E-state index is 0.145. The van der Waals surface area contributed by atoms with E-state index in [1.165, 1.54) is 11.3 Å². The van der Waals surface area contributed by atoms with Crippen LogP contribution in [0, 0.1) is 6.92 Å². The molecular formula is C22H22ClN5O3S. The van der Waals surface area contributed by atoms with Crippen LogP contribution in [0.15, 0.2) is 30.3 Å². The molecule has 0 radical (unpaired) electrons. The number of aryl methyl sites for hydroxylation is 1. The van der Waals surface area contributed by atoms with Crippen LogP contribution < -0.4 is 10.6 Å². The van der Waals surface area contributed by atoms with E-state index in [4.69, 9.17) is 16.3 Å². The SMILES string of the molecule is CCOC(=O)N1CCc2c(sc3c2C(=O)N[C@@H](c2c(C)nn(-c4ccccc4)c2Cl)N3)C1. The Morgan fingerprint density at radius 2 is 2.09 bits per heavy atom. The highest BCUT2D eigenvalue weighted by Gasteiger charge is 2.36. The number of rotatable bonds is 3. The lowest BCUT2D eigenvalue weighted by molar-refractivity contribution is 0.0934. The number of fused-ring (bicyclic) bond motifs is 3. The van der Waals surface area contributed by atoms with Crippen LogP contribution in [0.2, 0.25) is 5.15 Å². The number of carbonyl (C=O) groups excluding carboxylic acids is 2. The minimum Gasteiger partial charge on any atom is -0.450 e. The number of halogens is 1. The number of carbonyl (C=O) groups is 2. The Kier molecular flexibility index (Phi) is 5.30. The van der Waals surface area contributed by atoms with Gasteiger partial charge < -0.3 is 20.3 Å². The minimum atomic E-state index is -0.499. The molecule has 4 heterocycles. The van der Waals surface area contributed by atoms with Gasteiger partial charge in [-0.2, -0.15) is 5.10 Å². The molecule has 5 rings (SSSR count). The summed E-state index contributed by atoms with van der Waals surface area (Å²) in [4.78, 5) is 27.9. The van der Waals surface area contributed by atoms with E-state index in [9.17, 15) is 9.59 Å². The number of anilines is 1. The first kappa shape index (κ1) is 20.8. The van der Waals surface area contributed by atoms with Crippen LogP contribution in [0.4, 0.5) is 9.80 Å². The summed E-state index contributed by atoms with van der Waals surface area (Å²) in [6, 6.07) is 9.63. The van der Waals surface area contributed by atoms with Gasteiger partial charge in [-0.15, -0.1) is 11.3 Å². The second-order valence-electron chi connectivity index (χ2n) is 7.67. The molecule has 8 nitrogen and oxygen atoms in total. The van der Waals surface area contributed by atoms with E-state index in [1.807, 2.05) is 37.3 Å². The summed E-state index contributed by atoms with van der Waals surface area (Å²) in [5, 5.41) is 12.3. The van der Waals surface area contributed by atoms with Crippen molar-refractivity contribution in [2.75, 3.05) is 18.5 Å². The van der Waals surface area contributed by atoms with Crippen molar-refractivity contribution in [3.63, 3.8) is 0 Å². The lowest BCUT2D eigenvalue weighted by atomic mass is 10.0. The molecule has 1 atom stereocenters. The van der Waals surface area contributed by atoms with Crippen LogP contribution in [0.25, 0.3) is 5.69 Å². The molecule has 0 saturated heterocycles. The monoisotopic (exact) mass is 471 g/mol. The summed E-state index contributed by atoms with van der Waals surface area (Å²) in [6.07, 6.45) is -0.206. The number of amides is 2. The summed E-state index contributed by atoms with van der Waals surface area (Å²) >= 11 is 8.21. The van der Waals surface area contributed by atoms with Crippen molar-refractivity contribution in [1.82, 2.24) is 20.0 Å². The smallest absolute Gasteiger partial charge is 0.410 e. The van der Waals surface area contributed by atoms with Gasteiger partial charge in [0.25, 0.3) is 5.91 Å². The first-order chi connectivity index (χ1) is 15.5. The summed E-state index contributed by atoms with van der Waals surface area (Å²) in [5.41, 5.74) is 3.97. The predicted molar refractivity (Wildman–Crippen MR) is 123 cm³/mol. The molecule has 2 aromatic heterocycles. The number of hydrogen-bond acceptors (Lipinski definition) is 6. The number of hydrogen-bond donors (Lipinski definition) is 2. The number of benzene rings is 1. The van der Waals surface area contributed by atoms with E-state index in [-0.39, 0.29) is 12.0 Å². The molecule has 3 aromatic rings. The lowest BCUT2D eigenvalue weighted by Gasteiger charge is -2.28. The molecule has 2 aliphatic heterocycles. The third kappa shape index (κ3) is 3.41. The Morgan fingerprint density at radius 1 is 1.31 bits per heavy atom. The predicted octanol–water partition coefficient (Wildman–Crippen LogP) is 4.26. The number of ether oxygens (including phenoxy) is 1. The zero-order chi connectivity index (χ0) is 22.4. The van der Waals surface area contributed by atoms with Gasteiger partial charge in [0.2, 0.25) is 0 Å². The molecule has 2 aliphatic rings. The van der Waals surface area contributed by atoms with Crippen LogP contribution in [-0.4, -0.2) is 39.8 Å². The topological polar surface area (TPSA) is 88.5 Å². The van der Waals surface area contributed by atoms with E-state index < -0.39 is 6.17 Å². The molecule has 32 heavy (non-hydrogen) atoms. The van der Waals surface area contributed by atoms with Crippen LogP contribution in [0.1, 0.15) is 45.1 Å². The number of thiophene rings is 1. The number of nitrogens with zero attached hydrogens (tertiary/aromatic N) is 3. The molecule has 0 aliphatic carbocycles. The van der Waals surface area contributed by atoms with Gasteiger partial charge in [-0.3, -0.25) is 4.79 Å². The zero-order valence-electron chi connectivity index (χ0n) is 17.6. The van der Waals surface area contributed by atoms with Crippen molar-refractivity contribution < 1.29 is 14.3 Å². The Balaban J connectivity index is 1.45. The van der Waals surface area contributed by atoms with Crippen LogP contribution >= 0.6 is 22.9 Å². The Bertz CT molecular complexity index is 1210. The van der Waals surface area contributed by atoms with Gasteiger partial charge in [-0.25, -0.2) is 9.48 Å². The van der Waals surface area contributed by atoms with Crippen molar-refractivity contribution in [3.8, 4) is 5.69 Å². The van der Waals surface area contributed by atoms with Gasteiger partial charge in [-0.1, -0.05) is 29.8 Å². The third-order valence-electron chi connectivity index (χ3n) is 5.70. The molecule has 0 fully saturated rings. The average molecular weight is 472 g/mol. The van der Waals surface area contributed by atoms with Gasteiger partial charge >= 0.3 is 6.09 Å². The lowest BCUT2D eigenvalue weighted by Crippen LogP contribution is -2.39. The Morgan fingerprint density at radius 3 is 2.84 bits per heavy atom. The van der Waals surface area contributed by atoms with Crippen molar-refractivity contribution in [1.29, 1.82) is 0 Å². The van der Waals surface area contributed by atoms with E-state index in [0.29, 0.717) is 36.8 Å². The van der Waals surface area contributed by atoms with E-state index in [1.54, 1.807) is 16.5 Å². The first-order valence-electron chi connectivity index (χ1n) is 10.4. The van der Waals surface area contributed by atoms with Crippen LogP contribution in [-0.2, 0) is 17.7 Å².